The second-order valence-corrected chi connectivity index (χ2v) is 4.97. The van der Waals surface area contributed by atoms with E-state index in [9.17, 15) is 8.42 Å². The molecule has 0 rings (SSSR count). The van der Waals surface area contributed by atoms with Gasteiger partial charge in [0.1, 0.15) is 0 Å². The smallest absolute Gasteiger partial charge is 0.267 e. The lowest BCUT2D eigenvalue weighted by Crippen LogP contribution is -2.20. The Labute approximate surface area is 81.3 Å². The van der Waals surface area contributed by atoms with Crippen LogP contribution in [-0.4, -0.2) is 18.2 Å². The number of hydrogen-bond donors (Lipinski definition) is 1. The fourth-order valence-electron chi connectivity index (χ4n) is 1.25. The van der Waals surface area contributed by atoms with Crippen molar-refractivity contribution in [1.82, 2.24) is 0 Å². The minimum absolute atomic E-state index is 0.530. The van der Waals surface area contributed by atoms with E-state index in [0.29, 0.717) is 12.8 Å². The highest BCUT2D eigenvalue weighted by molar-refractivity contribution is 7.86. The zero-order chi connectivity index (χ0) is 10.3. The van der Waals surface area contributed by atoms with Gasteiger partial charge in [0.15, 0.2) is 0 Å². The Morgan fingerprint density at radius 2 is 1.85 bits per heavy atom. The molecule has 0 aliphatic carbocycles. The third-order valence-corrected chi connectivity index (χ3v) is 3.39. The van der Waals surface area contributed by atoms with Crippen LogP contribution in [0.4, 0.5) is 0 Å². The van der Waals surface area contributed by atoms with Crippen LogP contribution < -0.4 is 0 Å². The molecule has 4 heteroatoms. The maximum atomic E-state index is 10.9. The summed E-state index contributed by atoms with van der Waals surface area (Å²) in [5, 5.41) is -0.575. The number of unbranched alkanes of at least 4 members (excludes halogenated alkanes) is 2. The van der Waals surface area contributed by atoms with Crippen LogP contribution in [0.5, 0.6) is 0 Å². The standard InChI is InChI=1S/C9H19O3S/c1-3-5-7-9(8-6-4-2)13(10,11)12/h9H,1,3-8H2,2H3,(H,10,11,12). The molecule has 0 aliphatic rings. The van der Waals surface area contributed by atoms with Crippen molar-refractivity contribution in [3.8, 4) is 0 Å². The van der Waals surface area contributed by atoms with Crippen molar-refractivity contribution in [3.63, 3.8) is 0 Å². The first kappa shape index (κ1) is 12.9. The molecule has 0 aromatic rings. The summed E-state index contributed by atoms with van der Waals surface area (Å²) >= 11 is 0. The lowest BCUT2D eigenvalue weighted by atomic mass is 10.1. The summed E-state index contributed by atoms with van der Waals surface area (Å²) in [7, 11) is -3.84. The van der Waals surface area contributed by atoms with E-state index in [0.717, 1.165) is 25.7 Å². The van der Waals surface area contributed by atoms with Gasteiger partial charge in [-0.25, -0.2) is 0 Å². The molecule has 0 aromatic heterocycles. The molecule has 0 fully saturated rings. The fourth-order valence-corrected chi connectivity index (χ4v) is 2.18. The predicted molar refractivity (Wildman–Crippen MR) is 54.1 cm³/mol. The molecular formula is C9H19O3S. The number of rotatable bonds is 7. The van der Waals surface area contributed by atoms with Crippen LogP contribution in [0.1, 0.15) is 45.4 Å². The van der Waals surface area contributed by atoms with Gasteiger partial charge in [-0.3, -0.25) is 4.55 Å². The second kappa shape index (κ2) is 6.38. The molecule has 0 spiro atoms. The summed E-state index contributed by atoms with van der Waals surface area (Å²) in [6.07, 6.45) is 4.38. The Morgan fingerprint density at radius 1 is 1.31 bits per heavy atom. The molecule has 79 valence electrons. The Bertz CT molecular complexity index is 201. The van der Waals surface area contributed by atoms with E-state index in [1.807, 2.05) is 6.92 Å². The molecule has 0 bridgehead atoms. The van der Waals surface area contributed by atoms with Crippen LogP contribution in [0.15, 0.2) is 0 Å². The van der Waals surface area contributed by atoms with E-state index in [1.165, 1.54) is 0 Å². The maximum Gasteiger partial charge on any atom is 0.267 e. The molecular weight excluding hydrogens is 188 g/mol. The molecule has 1 N–H and O–H groups in total. The van der Waals surface area contributed by atoms with Crippen molar-refractivity contribution in [2.24, 2.45) is 0 Å². The second-order valence-electron chi connectivity index (χ2n) is 3.27. The zero-order valence-electron chi connectivity index (χ0n) is 8.20. The summed E-state index contributed by atoms with van der Waals surface area (Å²) in [5.41, 5.74) is 0. The molecule has 0 aliphatic heterocycles. The minimum atomic E-state index is -3.84. The van der Waals surface area contributed by atoms with Crippen molar-refractivity contribution < 1.29 is 13.0 Å². The van der Waals surface area contributed by atoms with Gasteiger partial charge in [-0.1, -0.05) is 39.5 Å². The van der Waals surface area contributed by atoms with Crippen LogP contribution >= 0.6 is 0 Å². The SMILES string of the molecule is [CH2]CCCC(CCCC)S(=O)(=O)O. The molecule has 1 unspecified atom stereocenters. The highest BCUT2D eigenvalue weighted by Crippen LogP contribution is 2.15. The lowest BCUT2D eigenvalue weighted by molar-refractivity contribution is 0.449. The molecule has 0 saturated heterocycles. The van der Waals surface area contributed by atoms with Crippen molar-refractivity contribution in [2.45, 2.75) is 50.7 Å². The predicted octanol–water partition coefficient (Wildman–Crippen LogP) is 2.44. The molecule has 1 radical (unpaired) electrons. The van der Waals surface area contributed by atoms with E-state index in [1.54, 1.807) is 0 Å². The van der Waals surface area contributed by atoms with Crippen molar-refractivity contribution in [3.05, 3.63) is 6.92 Å². The zero-order valence-corrected chi connectivity index (χ0v) is 9.02. The Hall–Kier alpha value is -0.0900. The van der Waals surface area contributed by atoms with Gasteiger partial charge in [0, 0.05) is 0 Å². The molecule has 3 nitrogen and oxygen atoms in total. The topological polar surface area (TPSA) is 54.4 Å². The van der Waals surface area contributed by atoms with E-state index < -0.39 is 15.4 Å². The molecule has 0 aromatic carbocycles. The van der Waals surface area contributed by atoms with Gasteiger partial charge in [-0.2, -0.15) is 8.42 Å². The monoisotopic (exact) mass is 207 g/mol. The molecule has 0 amide bonds. The van der Waals surface area contributed by atoms with Crippen LogP contribution in [0.3, 0.4) is 0 Å². The summed E-state index contributed by atoms with van der Waals surface area (Å²) in [6.45, 7) is 5.65. The van der Waals surface area contributed by atoms with Crippen LogP contribution in [0, 0.1) is 6.92 Å². The minimum Gasteiger partial charge on any atom is -0.285 e. The largest absolute Gasteiger partial charge is 0.285 e. The molecule has 0 heterocycles. The highest BCUT2D eigenvalue weighted by atomic mass is 32.2. The van der Waals surface area contributed by atoms with E-state index in [4.69, 9.17) is 4.55 Å². The van der Waals surface area contributed by atoms with Gasteiger partial charge < -0.3 is 0 Å². The van der Waals surface area contributed by atoms with Crippen LogP contribution in [0.2, 0.25) is 0 Å². The first-order valence-corrected chi connectivity index (χ1v) is 6.28. The summed E-state index contributed by atoms with van der Waals surface area (Å²) in [4.78, 5) is 0. The van der Waals surface area contributed by atoms with Gasteiger partial charge in [0.2, 0.25) is 0 Å². The van der Waals surface area contributed by atoms with Gasteiger partial charge >= 0.3 is 0 Å². The average Bonchev–Trinajstić information content (AvgIpc) is 2.02. The Morgan fingerprint density at radius 3 is 2.23 bits per heavy atom. The van der Waals surface area contributed by atoms with Crippen molar-refractivity contribution in [1.29, 1.82) is 0 Å². The van der Waals surface area contributed by atoms with Gasteiger partial charge in [0.25, 0.3) is 10.1 Å². The number of hydrogen-bond acceptors (Lipinski definition) is 2. The van der Waals surface area contributed by atoms with Crippen molar-refractivity contribution in [2.75, 3.05) is 0 Å². The first-order chi connectivity index (χ1) is 6.02. The Balaban J connectivity index is 4.04. The molecule has 1 atom stereocenters. The lowest BCUT2D eigenvalue weighted by Gasteiger charge is -2.12. The van der Waals surface area contributed by atoms with Gasteiger partial charge in [0.05, 0.1) is 5.25 Å². The molecule has 0 saturated carbocycles. The summed E-state index contributed by atoms with van der Waals surface area (Å²) in [6, 6.07) is 0. The normalized spacial score (nSPS) is 12.3. The molecule has 13 heavy (non-hydrogen) atoms. The Kier molecular flexibility index (Phi) is 6.33. The van der Waals surface area contributed by atoms with E-state index in [2.05, 4.69) is 6.92 Å². The van der Waals surface area contributed by atoms with Gasteiger partial charge in [-0.15, -0.1) is 0 Å². The van der Waals surface area contributed by atoms with Crippen LogP contribution in [-0.2, 0) is 10.1 Å². The highest BCUT2D eigenvalue weighted by Gasteiger charge is 2.21. The fraction of sp³-hybridized carbons (Fsp3) is 0.889. The summed E-state index contributed by atoms with van der Waals surface area (Å²) < 4.78 is 30.6. The van der Waals surface area contributed by atoms with E-state index >= 15 is 0 Å². The van der Waals surface area contributed by atoms with E-state index in [-0.39, 0.29) is 0 Å². The third kappa shape index (κ3) is 6.05. The summed E-state index contributed by atoms with van der Waals surface area (Å²) in [5.74, 6) is 0. The first-order valence-electron chi connectivity index (χ1n) is 4.78. The van der Waals surface area contributed by atoms with Crippen molar-refractivity contribution >= 4 is 10.1 Å². The van der Waals surface area contributed by atoms with Gasteiger partial charge in [-0.05, 0) is 12.8 Å². The van der Waals surface area contributed by atoms with Crippen LogP contribution in [0.25, 0.3) is 0 Å². The average molecular weight is 207 g/mol. The quantitative estimate of drug-likeness (QED) is 0.652. The third-order valence-electron chi connectivity index (χ3n) is 2.08. The maximum absolute atomic E-state index is 10.9.